The molecule has 0 saturated carbocycles. The van der Waals surface area contributed by atoms with Crippen LogP contribution in [0.3, 0.4) is 0 Å². The zero-order chi connectivity index (χ0) is 16.8. The summed E-state index contributed by atoms with van der Waals surface area (Å²) in [6.45, 7) is 3.62. The van der Waals surface area contributed by atoms with Crippen molar-refractivity contribution in [2.45, 2.75) is 6.42 Å². The van der Waals surface area contributed by atoms with Gasteiger partial charge >= 0.3 is 0 Å². The molecular formula is C18H20FN3O2. The number of rotatable bonds is 5. The molecule has 1 aromatic carbocycles. The number of halogens is 1. The second-order valence-corrected chi connectivity index (χ2v) is 5.58. The highest BCUT2D eigenvalue weighted by Crippen LogP contribution is 2.21. The number of nitrogens with one attached hydrogen (secondary N) is 1. The first-order valence-corrected chi connectivity index (χ1v) is 8.05. The molecule has 2 aromatic rings. The highest BCUT2D eigenvalue weighted by molar-refractivity contribution is 5.94. The van der Waals surface area contributed by atoms with Gasteiger partial charge in [-0.1, -0.05) is 18.2 Å². The summed E-state index contributed by atoms with van der Waals surface area (Å²) >= 11 is 0. The summed E-state index contributed by atoms with van der Waals surface area (Å²) in [5.74, 6) is -1.19. The van der Waals surface area contributed by atoms with E-state index in [0.29, 0.717) is 13.0 Å². The van der Waals surface area contributed by atoms with Gasteiger partial charge in [0.1, 0.15) is 0 Å². The van der Waals surface area contributed by atoms with Crippen LogP contribution in [-0.4, -0.2) is 43.7 Å². The molecule has 1 amide bonds. The van der Waals surface area contributed by atoms with Crippen molar-refractivity contribution in [3.8, 4) is 0 Å². The van der Waals surface area contributed by atoms with Crippen molar-refractivity contribution in [1.29, 1.82) is 0 Å². The molecule has 2 heterocycles. The molecule has 0 bridgehead atoms. The maximum absolute atomic E-state index is 13.5. The summed E-state index contributed by atoms with van der Waals surface area (Å²) in [7, 11) is 0. The van der Waals surface area contributed by atoms with E-state index in [9.17, 15) is 9.18 Å². The number of aromatic nitrogens is 1. The summed E-state index contributed by atoms with van der Waals surface area (Å²) in [6, 6.07) is 11.1. The van der Waals surface area contributed by atoms with Gasteiger partial charge in [0.15, 0.2) is 0 Å². The predicted octanol–water partition coefficient (Wildman–Crippen LogP) is 2.03. The average molecular weight is 329 g/mol. The minimum atomic E-state index is -0.747. The van der Waals surface area contributed by atoms with Crippen molar-refractivity contribution in [1.82, 2.24) is 10.3 Å². The molecule has 0 unspecified atom stereocenters. The van der Waals surface area contributed by atoms with Gasteiger partial charge in [-0.05, 0) is 30.2 Å². The van der Waals surface area contributed by atoms with E-state index in [1.807, 2.05) is 12.1 Å². The highest BCUT2D eigenvalue weighted by Gasteiger charge is 2.15. The maximum atomic E-state index is 13.5. The molecule has 1 saturated heterocycles. The molecule has 6 heteroatoms. The number of anilines is 1. The summed E-state index contributed by atoms with van der Waals surface area (Å²) in [5.41, 5.74) is 2.30. The number of para-hydroxylation sites is 1. The van der Waals surface area contributed by atoms with Crippen LogP contribution >= 0.6 is 0 Å². The van der Waals surface area contributed by atoms with Crippen LogP contribution in [0, 0.1) is 5.95 Å². The van der Waals surface area contributed by atoms with E-state index in [2.05, 4.69) is 27.3 Å². The van der Waals surface area contributed by atoms with E-state index in [4.69, 9.17) is 4.74 Å². The van der Waals surface area contributed by atoms with Crippen LogP contribution in [0.5, 0.6) is 0 Å². The van der Waals surface area contributed by atoms with Gasteiger partial charge in [-0.3, -0.25) is 4.79 Å². The third kappa shape index (κ3) is 3.89. The van der Waals surface area contributed by atoms with Crippen LogP contribution in [0.15, 0.2) is 42.6 Å². The van der Waals surface area contributed by atoms with E-state index < -0.39 is 11.9 Å². The van der Waals surface area contributed by atoms with E-state index in [-0.39, 0.29) is 5.56 Å². The van der Waals surface area contributed by atoms with Crippen molar-refractivity contribution in [2.24, 2.45) is 0 Å². The van der Waals surface area contributed by atoms with Gasteiger partial charge in [-0.15, -0.1) is 0 Å². The van der Waals surface area contributed by atoms with Gasteiger partial charge in [0, 0.05) is 31.5 Å². The average Bonchev–Trinajstić information content (AvgIpc) is 2.63. The fraction of sp³-hybridized carbons (Fsp3) is 0.333. The number of pyridine rings is 1. The Morgan fingerprint density at radius 3 is 2.79 bits per heavy atom. The lowest BCUT2D eigenvalue weighted by Crippen LogP contribution is -2.37. The molecule has 0 spiro atoms. The van der Waals surface area contributed by atoms with E-state index >= 15 is 0 Å². The Bertz CT molecular complexity index is 702. The van der Waals surface area contributed by atoms with Crippen LogP contribution in [-0.2, 0) is 11.2 Å². The van der Waals surface area contributed by atoms with Crippen molar-refractivity contribution >= 4 is 11.6 Å². The molecule has 0 atom stereocenters. The topological polar surface area (TPSA) is 54.5 Å². The number of carbonyl (C=O) groups is 1. The van der Waals surface area contributed by atoms with Crippen LogP contribution in [0.1, 0.15) is 15.9 Å². The lowest BCUT2D eigenvalue weighted by molar-refractivity contribution is 0.0949. The molecule has 0 radical (unpaired) electrons. The van der Waals surface area contributed by atoms with E-state index in [0.717, 1.165) is 31.9 Å². The molecule has 1 aromatic heterocycles. The summed E-state index contributed by atoms with van der Waals surface area (Å²) in [4.78, 5) is 17.8. The Morgan fingerprint density at radius 2 is 2.00 bits per heavy atom. The van der Waals surface area contributed by atoms with Crippen LogP contribution in [0.4, 0.5) is 10.1 Å². The lowest BCUT2D eigenvalue weighted by atomic mass is 10.1. The van der Waals surface area contributed by atoms with Gasteiger partial charge in [0.05, 0.1) is 18.8 Å². The number of hydrogen-bond donors (Lipinski definition) is 1. The molecule has 1 fully saturated rings. The zero-order valence-corrected chi connectivity index (χ0v) is 13.4. The van der Waals surface area contributed by atoms with Crippen LogP contribution in [0.25, 0.3) is 0 Å². The SMILES string of the molecule is O=C(NCCc1ccccc1N1CCOCC1)c1cccnc1F. The number of nitrogens with zero attached hydrogens (tertiary/aromatic N) is 2. The van der Waals surface area contributed by atoms with Gasteiger partial charge < -0.3 is 15.0 Å². The molecule has 126 valence electrons. The minimum absolute atomic E-state index is 0.0287. The number of benzene rings is 1. The molecule has 1 aliphatic heterocycles. The van der Waals surface area contributed by atoms with Gasteiger partial charge in [-0.2, -0.15) is 4.39 Å². The number of morpholine rings is 1. The highest BCUT2D eigenvalue weighted by atomic mass is 19.1. The minimum Gasteiger partial charge on any atom is -0.378 e. The normalized spacial score (nSPS) is 14.5. The Balaban J connectivity index is 1.61. The van der Waals surface area contributed by atoms with Gasteiger partial charge in [0.25, 0.3) is 5.91 Å². The first kappa shape index (κ1) is 16.4. The monoisotopic (exact) mass is 329 g/mol. The van der Waals surface area contributed by atoms with Crippen LogP contribution < -0.4 is 10.2 Å². The molecule has 0 aliphatic carbocycles. The maximum Gasteiger partial charge on any atom is 0.255 e. The predicted molar refractivity (Wildman–Crippen MR) is 89.7 cm³/mol. The Labute approximate surface area is 140 Å². The number of hydrogen-bond acceptors (Lipinski definition) is 4. The van der Waals surface area contributed by atoms with Crippen molar-refractivity contribution in [3.63, 3.8) is 0 Å². The quantitative estimate of drug-likeness (QED) is 0.853. The van der Waals surface area contributed by atoms with Crippen molar-refractivity contribution in [3.05, 3.63) is 59.7 Å². The first-order valence-electron chi connectivity index (χ1n) is 8.05. The number of carbonyl (C=O) groups excluding carboxylic acids is 1. The molecule has 5 nitrogen and oxygen atoms in total. The smallest absolute Gasteiger partial charge is 0.255 e. The second kappa shape index (κ2) is 7.88. The van der Waals surface area contributed by atoms with Gasteiger partial charge in [0.2, 0.25) is 5.95 Å². The van der Waals surface area contributed by atoms with Crippen LogP contribution in [0.2, 0.25) is 0 Å². The number of ether oxygens (including phenoxy) is 1. The van der Waals surface area contributed by atoms with E-state index in [1.165, 1.54) is 18.0 Å². The third-order valence-corrected chi connectivity index (χ3v) is 4.03. The van der Waals surface area contributed by atoms with E-state index in [1.54, 1.807) is 6.07 Å². The number of amides is 1. The Morgan fingerprint density at radius 1 is 1.21 bits per heavy atom. The summed E-state index contributed by atoms with van der Waals surface area (Å²) < 4.78 is 18.9. The van der Waals surface area contributed by atoms with Crippen molar-refractivity contribution < 1.29 is 13.9 Å². The lowest BCUT2D eigenvalue weighted by Gasteiger charge is -2.30. The largest absolute Gasteiger partial charge is 0.378 e. The molecule has 3 rings (SSSR count). The second-order valence-electron chi connectivity index (χ2n) is 5.58. The summed E-state index contributed by atoms with van der Waals surface area (Å²) in [6.07, 6.45) is 2.01. The molecule has 1 aliphatic rings. The Kier molecular flexibility index (Phi) is 5.38. The molecular weight excluding hydrogens is 309 g/mol. The fourth-order valence-electron chi connectivity index (χ4n) is 2.80. The third-order valence-electron chi connectivity index (χ3n) is 4.03. The Hall–Kier alpha value is -2.47. The van der Waals surface area contributed by atoms with Crippen molar-refractivity contribution in [2.75, 3.05) is 37.7 Å². The first-order chi connectivity index (χ1) is 11.8. The standard InChI is InChI=1S/C18H20FN3O2/c19-17-15(5-3-8-20-17)18(23)21-9-7-14-4-1-2-6-16(14)22-10-12-24-13-11-22/h1-6,8H,7,9-13H2,(H,21,23). The summed E-state index contributed by atoms with van der Waals surface area (Å²) in [5, 5.41) is 2.76. The molecule has 1 N–H and O–H groups in total. The zero-order valence-electron chi connectivity index (χ0n) is 13.4. The van der Waals surface area contributed by atoms with Gasteiger partial charge in [-0.25, -0.2) is 4.98 Å². The molecule has 24 heavy (non-hydrogen) atoms. The fourth-order valence-corrected chi connectivity index (χ4v) is 2.80.